The Morgan fingerprint density at radius 3 is 2.48 bits per heavy atom. The van der Waals surface area contributed by atoms with Crippen molar-refractivity contribution >= 4 is 5.91 Å². The fraction of sp³-hybridized carbons (Fsp3) is 0.105. The molecule has 23 heavy (non-hydrogen) atoms. The molecule has 2 heterocycles. The van der Waals surface area contributed by atoms with E-state index in [9.17, 15) is 4.79 Å². The second-order valence-electron chi connectivity index (χ2n) is 5.17. The molecule has 0 radical (unpaired) electrons. The third kappa shape index (κ3) is 4.01. The Bertz CT molecular complexity index is 756. The molecule has 0 aliphatic heterocycles. The highest BCUT2D eigenvalue weighted by molar-refractivity contribution is 5.92. The number of pyridine rings is 2. The first-order chi connectivity index (χ1) is 11.3. The lowest BCUT2D eigenvalue weighted by Crippen LogP contribution is -2.26. The predicted molar refractivity (Wildman–Crippen MR) is 89.9 cm³/mol. The largest absolute Gasteiger partial charge is 0.350 e. The van der Waals surface area contributed by atoms with Gasteiger partial charge in [0.25, 0.3) is 5.91 Å². The van der Waals surface area contributed by atoms with E-state index < -0.39 is 0 Å². The Kier molecular flexibility index (Phi) is 4.74. The second-order valence-corrected chi connectivity index (χ2v) is 5.17. The number of hydrogen-bond donors (Lipinski definition) is 1. The molecule has 4 nitrogen and oxygen atoms in total. The number of rotatable bonds is 5. The molecule has 0 aliphatic carbocycles. The highest BCUT2D eigenvalue weighted by Gasteiger charge is 2.07. The number of carbonyl (C=O) groups is 1. The van der Waals surface area contributed by atoms with Crippen LogP contribution in [0.3, 0.4) is 0 Å². The number of nitrogens with zero attached hydrogens (tertiary/aromatic N) is 2. The van der Waals surface area contributed by atoms with E-state index in [1.807, 2.05) is 48.5 Å². The summed E-state index contributed by atoms with van der Waals surface area (Å²) in [5.41, 5.74) is 3.61. The molecule has 0 fully saturated rings. The van der Waals surface area contributed by atoms with E-state index in [0.717, 1.165) is 23.1 Å². The normalized spacial score (nSPS) is 10.3. The van der Waals surface area contributed by atoms with Crippen LogP contribution in [-0.4, -0.2) is 22.4 Å². The van der Waals surface area contributed by atoms with E-state index in [-0.39, 0.29) is 5.91 Å². The van der Waals surface area contributed by atoms with Crippen molar-refractivity contribution in [3.63, 3.8) is 0 Å². The highest BCUT2D eigenvalue weighted by Crippen LogP contribution is 2.17. The van der Waals surface area contributed by atoms with Gasteiger partial charge in [-0.05, 0) is 29.7 Å². The predicted octanol–water partition coefficient (Wildman–Crippen LogP) is 3.12. The van der Waals surface area contributed by atoms with Gasteiger partial charge in [0.15, 0.2) is 0 Å². The first kappa shape index (κ1) is 14.9. The summed E-state index contributed by atoms with van der Waals surface area (Å²) in [5.74, 6) is -0.159. The first-order valence-electron chi connectivity index (χ1n) is 7.51. The van der Waals surface area contributed by atoms with Crippen molar-refractivity contribution < 1.29 is 4.79 Å². The Balaban J connectivity index is 1.58. The second kappa shape index (κ2) is 7.31. The summed E-state index contributed by atoms with van der Waals surface area (Å²) in [7, 11) is 0. The van der Waals surface area contributed by atoms with Crippen LogP contribution < -0.4 is 5.32 Å². The van der Waals surface area contributed by atoms with Crippen molar-refractivity contribution in [2.45, 2.75) is 6.42 Å². The fourth-order valence-corrected chi connectivity index (χ4v) is 2.29. The van der Waals surface area contributed by atoms with Gasteiger partial charge in [-0.1, -0.05) is 42.5 Å². The lowest BCUT2D eigenvalue weighted by Gasteiger charge is -2.06. The minimum atomic E-state index is -0.159. The van der Waals surface area contributed by atoms with E-state index in [0.29, 0.717) is 12.2 Å². The van der Waals surface area contributed by atoms with Crippen LogP contribution in [0.25, 0.3) is 11.1 Å². The zero-order chi connectivity index (χ0) is 15.9. The highest BCUT2D eigenvalue weighted by atomic mass is 16.1. The van der Waals surface area contributed by atoms with Crippen LogP contribution in [0.2, 0.25) is 0 Å². The topological polar surface area (TPSA) is 54.9 Å². The molecule has 2 aromatic heterocycles. The molecule has 0 spiro atoms. The molecule has 0 aliphatic rings. The van der Waals surface area contributed by atoms with Crippen LogP contribution in [0.1, 0.15) is 16.1 Å². The summed E-state index contributed by atoms with van der Waals surface area (Å²) in [6.07, 6.45) is 6.02. The van der Waals surface area contributed by atoms with Crippen LogP contribution in [-0.2, 0) is 6.42 Å². The molecular weight excluding hydrogens is 286 g/mol. The Labute approximate surface area is 135 Å². The minimum absolute atomic E-state index is 0.159. The van der Waals surface area contributed by atoms with Gasteiger partial charge in [-0.25, -0.2) is 0 Å². The standard InChI is InChI=1S/C19H17N3O/c23-19(21-12-10-15-5-4-11-20-13-15)18-9-8-17(14-22-18)16-6-2-1-3-7-16/h1-9,11,13-14H,10,12H2,(H,21,23). The van der Waals surface area contributed by atoms with Gasteiger partial charge in [-0.3, -0.25) is 14.8 Å². The van der Waals surface area contributed by atoms with Gasteiger partial charge in [-0.15, -0.1) is 0 Å². The van der Waals surface area contributed by atoms with E-state index in [1.54, 1.807) is 24.7 Å². The Morgan fingerprint density at radius 2 is 1.78 bits per heavy atom. The van der Waals surface area contributed by atoms with Crippen molar-refractivity contribution in [2.75, 3.05) is 6.54 Å². The van der Waals surface area contributed by atoms with Gasteiger partial charge in [0.05, 0.1) is 0 Å². The molecule has 1 N–H and O–H groups in total. The number of amides is 1. The number of hydrogen-bond acceptors (Lipinski definition) is 3. The van der Waals surface area contributed by atoms with Gasteiger partial charge in [0.1, 0.15) is 5.69 Å². The molecule has 0 saturated carbocycles. The van der Waals surface area contributed by atoms with E-state index in [4.69, 9.17) is 0 Å². The van der Waals surface area contributed by atoms with Crippen LogP contribution in [0.4, 0.5) is 0 Å². The molecule has 0 bridgehead atoms. The van der Waals surface area contributed by atoms with Gasteiger partial charge in [-0.2, -0.15) is 0 Å². The Morgan fingerprint density at radius 1 is 0.913 bits per heavy atom. The maximum atomic E-state index is 12.1. The van der Waals surface area contributed by atoms with Crippen molar-refractivity contribution in [2.24, 2.45) is 0 Å². The molecule has 4 heteroatoms. The molecule has 114 valence electrons. The lowest BCUT2D eigenvalue weighted by atomic mass is 10.1. The summed E-state index contributed by atoms with van der Waals surface area (Å²) < 4.78 is 0. The average molecular weight is 303 g/mol. The summed E-state index contributed by atoms with van der Waals surface area (Å²) >= 11 is 0. The zero-order valence-electron chi connectivity index (χ0n) is 12.6. The van der Waals surface area contributed by atoms with Crippen LogP contribution in [0.15, 0.2) is 73.2 Å². The van der Waals surface area contributed by atoms with Crippen molar-refractivity contribution in [3.05, 3.63) is 84.4 Å². The maximum Gasteiger partial charge on any atom is 0.269 e. The molecule has 0 atom stereocenters. The number of nitrogens with one attached hydrogen (secondary N) is 1. The van der Waals surface area contributed by atoms with Crippen molar-refractivity contribution in [1.29, 1.82) is 0 Å². The number of aromatic nitrogens is 2. The van der Waals surface area contributed by atoms with Gasteiger partial charge >= 0.3 is 0 Å². The van der Waals surface area contributed by atoms with Crippen molar-refractivity contribution in [3.8, 4) is 11.1 Å². The summed E-state index contributed by atoms with van der Waals surface area (Å²) in [6.45, 7) is 0.562. The van der Waals surface area contributed by atoms with Crippen LogP contribution in [0, 0.1) is 0 Å². The third-order valence-electron chi connectivity index (χ3n) is 3.53. The SMILES string of the molecule is O=C(NCCc1cccnc1)c1ccc(-c2ccccc2)cn1. The number of benzene rings is 1. The summed E-state index contributed by atoms with van der Waals surface area (Å²) in [5, 5.41) is 2.88. The fourth-order valence-electron chi connectivity index (χ4n) is 2.29. The lowest BCUT2D eigenvalue weighted by molar-refractivity contribution is 0.0949. The first-order valence-corrected chi connectivity index (χ1v) is 7.51. The summed E-state index contributed by atoms with van der Waals surface area (Å²) in [4.78, 5) is 20.4. The monoisotopic (exact) mass is 303 g/mol. The maximum absolute atomic E-state index is 12.1. The number of carbonyl (C=O) groups excluding carboxylic acids is 1. The Hall–Kier alpha value is -3.01. The van der Waals surface area contributed by atoms with Gasteiger partial charge in [0.2, 0.25) is 0 Å². The molecule has 0 saturated heterocycles. The van der Waals surface area contributed by atoms with E-state index >= 15 is 0 Å². The molecule has 3 rings (SSSR count). The van der Waals surface area contributed by atoms with E-state index in [2.05, 4.69) is 15.3 Å². The minimum Gasteiger partial charge on any atom is -0.350 e. The van der Waals surface area contributed by atoms with Crippen molar-refractivity contribution in [1.82, 2.24) is 15.3 Å². The average Bonchev–Trinajstić information content (AvgIpc) is 2.63. The molecule has 1 amide bonds. The van der Waals surface area contributed by atoms with Crippen LogP contribution >= 0.6 is 0 Å². The van der Waals surface area contributed by atoms with Gasteiger partial charge in [0, 0.05) is 30.7 Å². The quantitative estimate of drug-likeness (QED) is 0.788. The zero-order valence-corrected chi connectivity index (χ0v) is 12.6. The third-order valence-corrected chi connectivity index (χ3v) is 3.53. The van der Waals surface area contributed by atoms with E-state index in [1.165, 1.54) is 0 Å². The molecule has 3 aromatic rings. The molecule has 1 aromatic carbocycles. The molecule has 0 unspecified atom stereocenters. The van der Waals surface area contributed by atoms with Gasteiger partial charge < -0.3 is 5.32 Å². The molecular formula is C19H17N3O. The smallest absolute Gasteiger partial charge is 0.269 e. The summed E-state index contributed by atoms with van der Waals surface area (Å²) in [6, 6.07) is 17.5. The van der Waals surface area contributed by atoms with Crippen LogP contribution in [0.5, 0.6) is 0 Å².